The minimum atomic E-state index is 0.876. The summed E-state index contributed by atoms with van der Waals surface area (Å²) in [7, 11) is 0. The number of para-hydroxylation sites is 5. The molecule has 0 radical (unpaired) electrons. The molecule has 0 amide bonds. The maximum Gasteiger partial charge on any atom is 0.143 e. The van der Waals surface area contributed by atoms with E-state index >= 15 is 0 Å². The minimum absolute atomic E-state index is 0.876. The molecule has 8 aromatic carbocycles. The SMILES string of the molecule is Cc1cc(N(c2ccccc2)c2cc(-c3ccccc3-n3c4ccccc4c4ccccc43)c3oc4ccccc4c3c2)c(C)cc1-c1ccccc1. The molecule has 10 aromatic rings. The predicted octanol–water partition coefficient (Wildman–Crippen LogP) is 14.1. The number of furan rings is 1. The van der Waals surface area contributed by atoms with Gasteiger partial charge in [-0.05, 0) is 96.8 Å². The normalized spacial score (nSPS) is 11.6. The van der Waals surface area contributed by atoms with E-state index in [0.29, 0.717) is 0 Å². The Labute approximate surface area is 308 Å². The van der Waals surface area contributed by atoms with Crippen LogP contribution in [0.2, 0.25) is 0 Å². The van der Waals surface area contributed by atoms with Gasteiger partial charge >= 0.3 is 0 Å². The molecule has 3 heteroatoms. The standard InChI is InChI=1S/C50H36N2O/c1-33-30-48(34(2)29-42(33)35-17-5-3-6-18-35)51(36-19-7-4-8-20-36)37-31-43(50-44(32-37)41-24-12-16-28-49(41)53-50)40-23-11-15-27-47(40)52-45-25-13-9-21-38(45)39-22-10-14-26-46(39)52/h3-32H,1-2H3. The molecule has 0 atom stereocenters. The monoisotopic (exact) mass is 680 g/mol. The fraction of sp³-hybridized carbons (Fsp3) is 0.0400. The van der Waals surface area contributed by atoms with Gasteiger partial charge in [0.05, 0.1) is 16.7 Å². The number of aryl methyl sites for hydroxylation is 2. The van der Waals surface area contributed by atoms with Crippen LogP contribution >= 0.6 is 0 Å². The molecule has 0 aliphatic rings. The third kappa shape index (κ3) is 5.04. The second kappa shape index (κ2) is 12.4. The summed E-state index contributed by atoms with van der Waals surface area (Å²) >= 11 is 0. The number of aromatic nitrogens is 1. The number of hydrogen-bond acceptors (Lipinski definition) is 2. The quantitative estimate of drug-likeness (QED) is 0.174. The van der Waals surface area contributed by atoms with Crippen LogP contribution in [0, 0.1) is 13.8 Å². The van der Waals surface area contributed by atoms with Crippen LogP contribution in [-0.4, -0.2) is 4.57 Å². The van der Waals surface area contributed by atoms with Crippen molar-refractivity contribution < 1.29 is 4.42 Å². The van der Waals surface area contributed by atoms with Crippen LogP contribution in [0.4, 0.5) is 17.1 Å². The first kappa shape index (κ1) is 30.9. The molecule has 252 valence electrons. The van der Waals surface area contributed by atoms with Gasteiger partial charge in [-0.15, -0.1) is 0 Å². The average Bonchev–Trinajstić information content (AvgIpc) is 3.76. The van der Waals surface area contributed by atoms with Crippen LogP contribution in [0.25, 0.3) is 71.7 Å². The van der Waals surface area contributed by atoms with Crippen molar-refractivity contribution in [2.75, 3.05) is 4.90 Å². The fourth-order valence-electron chi connectivity index (χ4n) is 8.19. The first-order valence-electron chi connectivity index (χ1n) is 18.2. The van der Waals surface area contributed by atoms with E-state index in [2.05, 4.69) is 199 Å². The molecule has 0 fully saturated rings. The molecule has 0 spiro atoms. The molecular formula is C50H36N2O. The van der Waals surface area contributed by atoms with Gasteiger partial charge in [-0.1, -0.05) is 121 Å². The Hall–Kier alpha value is -6.84. The average molecular weight is 681 g/mol. The summed E-state index contributed by atoms with van der Waals surface area (Å²) in [5.74, 6) is 0. The van der Waals surface area contributed by atoms with Crippen molar-refractivity contribution in [1.29, 1.82) is 0 Å². The van der Waals surface area contributed by atoms with E-state index in [1.54, 1.807) is 0 Å². The highest BCUT2D eigenvalue weighted by molar-refractivity contribution is 6.13. The second-order valence-electron chi connectivity index (χ2n) is 13.8. The molecule has 53 heavy (non-hydrogen) atoms. The van der Waals surface area contributed by atoms with Crippen LogP contribution in [0.3, 0.4) is 0 Å². The van der Waals surface area contributed by atoms with E-state index in [4.69, 9.17) is 4.42 Å². The predicted molar refractivity (Wildman–Crippen MR) is 223 cm³/mol. The van der Waals surface area contributed by atoms with Crippen LogP contribution in [0.5, 0.6) is 0 Å². The topological polar surface area (TPSA) is 21.3 Å². The number of hydrogen-bond donors (Lipinski definition) is 0. The van der Waals surface area contributed by atoms with E-state index in [0.717, 1.165) is 55.8 Å². The van der Waals surface area contributed by atoms with Gasteiger partial charge in [-0.25, -0.2) is 0 Å². The van der Waals surface area contributed by atoms with Crippen molar-refractivity contribution in [3.05, 3.63) is 193 Å². The highest BCUT2D eigenvalue weighted by Crippen LogP contribution is 2.46. The Morgan fingerprint density at radius 3 is 1.77 bits per heavy atom. The van der Waals surface area contributed by atoms with E-state index in [9.17, 15) is 0 Å². The third-order valence-corrected chi connectivity index (χ3v) is 10.6. The summed E-state index contributed by atoms with van der Waals surface area (Å²) in [6, 6.07) is 65.2. The van der Waals surface area contributed by atoms with Crippen LogP contribution < -0.4 is 4.90 Å². The number of fused-ring (bicyclic) bond motifs is 6. The van der Waals surface area contributed by atoms with Crippen molar-refractivity contribution in [2.45, 2.75) is 13.8 Å². The molecule has 2 aromatic heterocycles. The summed E-state index contributed by atoms with van der Waals surface area (Å²) in [5.41, 5.74) is 15.6. The van der Waals surface area contributed by atoms with Gasteiger partial charge in [0.25, 0.3) is 0 Å². The number of benzene rings is 8. The smallest absolute Gasteiger partial charge is 0.143 e. The van der Waals surface area contributed by atoms with Crippen molar-refractivity contribution in [1.82, 2.24) is 4.57 Å². The summed E-state index contributed by atoms with van der Waals surface area (Å²) in [6.45, 7) is 4.44. The van der Waals surface area contributed by atoms with Crippen molar-refractivity contribution in [3.63, 3.8) is 0 Å². The first-order valence-corrected chi connectivity index (χ1v) is 18.2. The third-order valence-electron chi connectivity index (χ3n) is 10.6. The van der Waals surface area contributed by atoms with Crippen LogP contribution in [-0.2, 0) is 0 Å². The fourth-order valence-corrected chi connectivity index (χ4v) is 8.19. The highest BCUT2D eigenvalue weighted by atomic mass is 16.3. The van der Waals surface area contributed by atoms with Crippen LogP contribution in [0.1, 0.15) is 11.1 Å². The van der Waals surface area contributed by atoms with E-state index in [1.165, 1.54) is 44.1 Å². The lowest BCUT2D eigenvalue weighted by molar-refractivity contribution is 0.670. The summed E-state index contributed by atoms with van der Waals surface area (Å²) < 4.78 is 9.22. The van der Waals surface area contributed by atoms with E-state index in [1.807, 2.05) is 6.07 Å². The molecule has 0 saturated carbocycles. The molecule has 0 unspecified atom stereocenters. The van der Waals surface area contributed by atoms with Crippen LogP contribution in [0.15, 0.2) is 186 Å². The van der Waals surface area contributed by atoms with E-state index in [-0.39, 0.29) is 0 Å². The Morgan fingerprint density at radius 1 is 0.434 bits per heavy atom. The van der Waals surface area contributed by atoms with Crippen molar-refractivity contribution in [2.24, 2.45) is 0 Å². The van der Waals surface area contributed by atoms with Gasteiger partial charge in [0.1, 0.15) is 11.2 Å². The zero-order valence-corrected chi connectivity index (χ0v) is 29.6. The lowest BCUT2D eigenvalue weighted by Crippen LogP contribution is -2.12. The lowest BCUT2D eigenvalue weighted by atomic mass is 9.95. The minimum Gasteiger partial charge on any atom is -0.455 e. The zero-order chi connectivity index (χ0) is 35.5. The van der Waals surface area contributed by atoms with Crippen molar-refractivity contribution in [3.8, 4) is 27.9 Å². The van der Waals surface area contributed by atoms with Gasteiger partial charge in [0, 0.05) is 49.7 Å². The zero-order valence-electron chi connectivity index (χ0n) is 29.6. The van der Waals surface area contributed by atoms with E-state index < -0.39 is 0 Å². The summed E-state index contributed by atoms with van der Waals surface area (Å²) in [6.07, 6.45) is 0. The van der Waals surface area contributed by atoms with Crippen molar-refractivity contribution >= 4 is 60.8 Å². The van der Waals surface area contributed by atoms with Gasteiger partial charge in [0.15, 0.2) is 0 Å². The molecule has 2 heterocycles. The molecule has 3 nitrogen and oxygen atoms in total. The molecule has 0 aliphatic carbocycles. The van der Waals surface area contributed by atoms with Gasteiger partial charge in [-0.2, -0.15) is 0 Å². The number of rotatable bonds is 6. The summed E-state index contributed by atoms with van der Waals surface area (Å²) in [4.78, 5) is 2.41. The first-order chi connectivity index (χ1) is 26.1. The highest BCUT2D eigenvalue weighted by Gasteiger charge is 2.23. The van der Waals surface area contributed by atoms with Gasteiger partial charge in [-0.3, -0.25) is 0 Å². The molecule has 10 rings (SSSR count). The maximum atomic E-state index is 6.81. The molecule has 0 aliphatic heterocycles. The maximum absolute atomic E-state index is 6.81. The number of anilines is 3. The Balaban J connectivity index is 1.27. The molecular weight excluding hydrogens is 645 g/mol. The summed E-state index contributed by atoms with van der Waals surface area (Å²) in [5, 5.41) is 4.66. The van der Waals surface area contributed by atoms with Gasteiger partial charge in [0.2, 0.25) is 0 Å². The Bertz CT molecular complexity index is 2920. The lowest BCUT2D eigenvalue weighted by Gasteiger charge is -2.29. The number of nitrogens with zero attached hydrogens (tertiary/aromatic N) is 2. The molecule has 0 saturated heterocycles. The van der Waals surface area contributed by atoms with Gasteiger partial charge < -0.3 is 13.9 Å². The molecule has 0 N–H and O–H groups in total. The second-order valence-corrected chi connectivity index (χ2v) is 13.8. The Kier molecular flexibility index (Phi) is 7.26. The largest absolute Gasteiger partial charge is 0.455 e. The Morgan fingerprint density at radius 2 is 1.04 bits per heavy atom. The molecule has 0 bridgehead atoms.